The van der Waals surface area contributed by atoms with Gasteiger partial charge in [-0.3, -0.25) is 13.9 Å². The van der Waals surface area contributed by atoms with Gasteiger partial charge in [0.1, 0.15) is 17.5 Å². The summed E-state index contributed by atoms with van der Waals surface area (Å²) in [5.41, 5.74) is 1.32. The second-order valence-electron chi connectivity index (χ2n) is 9.08. The normalized spacial score (nSPS) is 12.1. The van der Waals surface area contributed by atoms with E-state index in [-0.39, 0.29) is 43.8 Å². The first kappa shape index (κ1) is 30.0. The minimum Gasteiger partial charge on any atom is -0.497 e. The zero-order valence-electron chi connectivity index (χ0n) is 22.6. The highest BCUT2D eigenvalue weighted by atomic mass is 32.2. The number of anilines is 1. The zero-order chi connectivity index (χ0) is 27.6. The summed E-state index contributed by atoms with van der Waals surface area (Å²) in [6.45, 7) is 8.14. The van der Waals surface area contributed by atoms with E-state index in [9.17, 15) is 18.0 Å². The van der Waals surface area contributed by atoms with Crippen LogP contribution >= 0.6 is 0 Å². The van der Waals surface area contributed by atoms with E-state index >= 15 is 0 Å². The molecule has 1 N–H and O–H groups in total. The summed E-state index contributed by atoms with van der Waals surface area (Å²) >= 11 is 0. The number of methoxy groups -OCH3 is 1. The number of amides is 2. The Morgan fingerprint density at radius 1 is 1.03 bits per heavy atom. The molecule has 204 valence electrons. The molecule has 0 saturated heterocycles. The Balaban J connectivity index is 2.17. The Morgan fingerprint density at radius 3 is 2.27 bits per heavy atom. The lowest BCUT2D eigenvalue weighted by molar-refractivity contribution is -0.140. The van der Waals surface area contributed by atoms with Gasteiger partial charge in [-0.15, -0.1) is 0 Å². The molecule has 0 aliphatic heterocycles. The maximum Gasteiger partial charge on any atom is 0.242 e. The first-order valence-corrected chi connectivity index (χ1v) is 14.2. The van der Waals surface area contributed by atoms with Crippen molar-refractivity contribution in [3.63, 3.8) is 0 Å². The molecule has 2 rings (SSSR count). The maximum absolute atomic E-state index is 13.3. The fraction of sp³-hybridized carbons (Fsp3) is 0.481. The lowest BCUT2D eigenvalue weighted by Gasteiger charge is -2.30. The van der Waals surface area contributed by atoms with Crippen molar-refractivity contribution in [3.05, 3.63) is 54.1 Å². The number of benzene rings is 2. The van der Waals surface area contributed by atoms with Gasteiger partial charge in [-0.2, -0.15) is 0 Å². The Morgan fingerprint density at radius 2 is 1.70 bits per heavy atom. The summed E-state index contributed by atoms with van der Waals surface area (Å²) < 4.78 is 37.0. The van der Waals surface area contributed by atoms with E-state index in [4.69, 9.17) is 9.47 Å². The van der Waals surface area contributed by atoms with Crippen molar-refractivity contribution >= 4 is 27.5 Å². The fourth-order valence-electron chi connectivity index (χ4n) is 3.83. The average Bonchev–Trinajstić information content (AvgIpc) is 2.84. The number of carbonyl (C=O) groups is 2. The van der Waals surface area contributed by atoms with Crippen molar-refractivity contribution in [1.29, 1.82) is 0 Å². The number of nitrogens with one attached hydrogen (secondary N) is 1. The molecule has 37 heavy (non-hydrogen) atoms. The highest BCUT2D eigenvalue weighted by molar-refractivity contribution is 7.92. The van der Waals surface area contributed by atoms with Gasteiger partial charge in [-0.25, -0.2) is 8.42 Å². The van der Waals surface area contributed by atoms with E-state index in [2.05, 4.69) is 5.32 Å². The van der Waals surface area contributed by atoms with Crippen LogP contribution in [0, 0.1) is 0 Å². The molecule has 0 radical (unpaired) electrons. The summed E-state index contributed by atoms with van der Waals surface area (Å²) in [5, 5.41) is 2.86. The molecule has 2 aromatic rings. The summed E-state index contributed by atoms with van der Waals surface area (Å²) in [4.78, 5) is 27.6. The molecule has 0 unspecified atom stereocenters. The number of carbonyl (C=O) groups excluding carboxylic acids is 2. The first-order valence-electron chi connectivity index (χ1n) is 12.4. The van der Waals surface area contributed by atoms with Crippen molar-refractivity contribution in [2.24, 2.45) is 0 Å². The van der Waals surface area contributed by atoms with Crippen LogP contribution in [0.1, 0.15) is 46.1 Å². The quantitative estimate of drug-likeness (QED) is 0.398. The van der Waals surface area contributed by atoms with Crippen LogP contribution in [-0.2, 0) is 26.2 Å². The lowest BCUT2D eigenvalue weighted by atomic mass is 10.1. The molecule has 2 aromatic carbocycles. The van der Waals surface area contributed by atoms with Gasteiger partial charge in [0.15, 0.2) is 0 Å². The first-order chi connectivity index (χ1) is 17.5. The summed E-state index contributed by atoms with van der Waals surface area (Å²) in [6, 6.07) is 13.3. The Kier molecular flexibility index (Phi) is 11.2. The van der Waals surface area contributed by atoms with Gasteiger partial charge in [0.25, 0.3) is 0 Å². The van der Waals surface area contributed by atoms with Crippen LogP contribution in [0.5, 0.6) is 11.5 Å². The number of nitrogens with zero attached hydrogens (tertiary/aromatic N) is 2. The zero-order valence-corrected chi connectivity index (χ0v) is 23.4. The topological polar surface area (TPSA) is 105 Å². The van der Waals surface area contributed by atoms with E-state index in [1.807, 2.05) is 45.0 Å². The molecule has 9 nitrogen and oxygen atoms in total. The largest absolute Gasteiger partial charge is 0.497 e. The summed E-state index contributed by atoms with van der Waals surface area (Å²) in [5.74, 6) is 0.813. The molecule has 1 atom stereocenters. The van der Waals surface area contributed by atoms with Gasteiger partial charge in [0, 0.05) is 25.6 Å². The predicted molar refractivity (Wildman–Crippen MR) is 145 cm³/mol. The number of hydrogen-bond acceptors (Lipinski definition) is 6. The summed E-state index contributed by atoms with van der Waals surface area (Å²) in [6.07, 6.45) is 1.50. The van der Waals surface area contributed by atoms with Crippen LogP contribution in [0.4, 0.5) is 5.69 Å². The minimum atomic E-state index is -3.57. The molecule has 10 heteroatoms. The van der Waals surface area contributed by atoms with Crippen LogP contribution in [-0.4, -0.2) is 63.7 Å². The maximum atomic E-state index is 13.3. The lowest BCUT2D eigenvalue weighted by Crippen LogP contribution is -2.49. The van der Waals surface area contributed by atoms with Crippen LogP contribution in [0.2, 0.25) is 0 Å². The van der Waals surface area contributed by atoms with Gasteiger partial charge in [0.2, 0.25) is 21.8 Å². The molecule has 0 heterocycles. The summed E-state index contributed by atoms with van der Waals surface area (Å²) in [7, 11) is -2.00. The third-order valence-electron chi connectivity index (χ3n) is 5.67. The Labute approximate surface area is 220 Å². The van der Waals surface area contributed by atoms with Crippen molar-refractivity contribution in [2.45, 2.75) is 59.2 Å². The number of sulfonamides is 1. The highest BCUT2D eigenvalue weighted by Gasteiger charge is 2.27. The number of rotatable bonds is 14. The molecule has 0 bridgehead atoms. The molecular weight excluding hydrogens is 494 g/mol. The van der Waals surface area contributed by atoms with E-state index in [1.54, 1.807) is 38.3 Å². The third-order valence-corrected chi connectivity index (χ3v) is 6.87. The van der Waals surface area contributed by atoms with Crippen LogP contribution in [0.25, 0.3) is 0 Å². The van der Waals surface area contributed by atoms with Crippen molar-refractivity contribution in [3.8, 4) is 11.5 Å². The van der Waals surface area contributed by atoms with Crippen LogP contribution < -0.4 is 19.1 Å². The van der Waals surface area contributed by atoms with Crippen LogP contribution in [0.15, 0.2) is 48.5 Å². The van der Waals surface area contributed by atoms with Crippen molar-refractivity contribution < 1.29 is 27.5 Å². The number of ether oxygens (including phenoxy) is 2. The van der Waals surface area contributed by atoms with E-state index in [0.29, 0.717) is 23.8 Å². The van der Waals surface area contributed by atoms with Gasteiger partial charge < -0.3 is 19.7 Å². The average molecular weight is 534 g/mol. The fourth-order valence-corrected chi connectivity index (χ4v) is 4.80. The Bertz CT molecular complexity index is 1140. The van der Waals surface area contributed by atoms with Crippen LogP contribution in [0.3, 0.4) is 0 Å². The molecule has 0 saturated carbocycles. The second-order valence-corrected chi connectivity index (χ2v) is 11.0. The molecule has 0 aliphatic carbocycles. The highest BCUT2D eigenvalue weighted by Crippen LogP contribution is 2.23. The van der Waals surface area contributed by atoms with Crippen molar-refractivity contribution in [2.75, 3.05) is 30.8 Å². The minimum absolute atomic E-state index is 0.0684. The van der Waals surface area contributed by atoms with E-state index in [1.165, 1.54) is 9.21 Å². The molecule has 0 spiro atoms. The standard InChI is InChI=1S/C27H39N3O6S/c1-7-36-24-15-13-23(14-16-24)30(37(6,33)34)17-9-12-26(31)29(21(4)27(32)28-20(2)3)19-22-10-8-11-25(18-22)35-5/h8,10-11,13-16,18,20-21H,7,9,12,17,19H2,1-6H3,(H,28,32)/t21-/m0/s1. The molecule has 0 aromatic heterocycles. The van der Waals surface area contributed by atoms with Gasteiger partial charge in [0.05, 0.1) is 25.7 Å². The molecule has 0 aliphatic rings. The van der Waals surface area contributed by atoms with Gasteiger partial charge >= 0.3 is 0 Å². The predicted octanol–water partition coefficient (Wildman–Crippen LogP) is 3.58. The number of hydrogen-bond donors (Lipinski definition) is 1. The molecule has 0 fully saturated rings. The smallest absolute Gasteiger partial charge is 0.242 e. The van der Waals surface area contributed by atoms with Crippen molar-refractivity contribution in [1.82, 2.24) is 10.2 Å². The monoisotopic (exact) mass is 533 g/mol. The Hall–Kier alpha value is -3.27. The third kappa shape index (κ3) is 9.27. The SMILES string of the molecule is CCOc1ccc(N(CCCC(=O)N(Cc2cccc(OC)c2)[C@@H](C)C(=O)NC(C)C)S(C)(=O)=O)cc1. The molecule has 2 amide bonds. The second kappa shape index (κ2) is 13.9. The van der Waals surface area contributed by atoms with Gasteiger partial charge in [-0.1, -0.05) is 12.1 Å². The van der Waals surface area contributed by atoms with Gasteiger partial charge in [-0.05, 0) is 76.1 Å². The molecular formula is C27H39N3O6S. The van der Waals surface area contributed by atoms with E-state index < -0.39 is 16.1 Å². The van der Waals surface area contributed by atoms with E-state index in [0.717, 1.165) is 11.8 Å².